The fraction of sp³-hybridized carbons (Fsp3) is 0.263. The number of anilines is 1. The van der Waals surface area contributed by atoms with Gasteiger partial charge in [0.1, 0.15) is 24.7 Å². The summed E-state index contributed by atoms with van der Waals surface area (Å²) in [5.74, 6) is 0.171. The largest absolute Gasteiger partial charge is 0.492 e. The van der Waals surface area contributed by atoms with Crippen molar-refractivity contribution in [1.29, 1.82) is 0 Å². The highest BCUT2D eigenvalue weighted by Gasteiger charge is 2.29. The maximum absolute atomic E-state index is 12.2. The Bertz CT molecular complexity index is 897. The van der Waals surface area contributed by atoms with Gasteiger partial charge in [0.25, 0.3) is 11.6 Å². The van der Waals surface area contributed by atoms with Crippen molar-refractivity contribution in [3.8, 4) is 11.5 Å². The average Bonchev–Trinajstić information content (AvgIpc) is 2.68. The van der Waals surface area contributed by atoms with Crippen LogP contribution in [-0.2, 0) is 9.59 Å². The summed E-state index contributed by atoms with van der Waals surface area (Å²) in [5, 5.41) is 13.6. The number of carbonyl (C=O) groups is 2. The molecule has 0 aliphatic carbocycles. The Morgan fingerprint density at radius 1 is 1.29 bits per heavy atom. The molecule has 1 aliphatic heterocycles. The highest BCUT2D eigenvalue weighted by molar-refractivity contribution is 6.02. The van der Waals surface area contributed by atoms with Crippen LogP contribution in [0, 0.1) is 17.0 Å². The van der Waals surface area contributed by atoms with Gasteiger partial charge in [0.15, 0.2) is 6.61 Å². The molecule has 0 saturated heterocycles. The molecular formula is C19H19N3O6. The molecule has 2 aromatic rings. The summed E-state index contributed by atoms with van der Waals surface area (Å²) in [6.45, 7) is 2.01. The molecule has 9 nitrogen and oxygen atoms in total. The number of amides is 2. The van der Waals surface area contributed by atoms with Gasteiger partial charge < -0.3 is 14.8 Å². The minimum absolute atomic E-state index is 0.186. The maximum atomic E-state index is 12.2. The highest BCUT2D eigenvalue weighted by atomic mass is 16.6. The summed E-state index contributed by atoms with van der Waals surface area (Å²) in [5.41, 5.74) is 1.14. The van der Waals surface area contributed by atoms with Crippen LogP contribution in [0.1, 0.15) is 5.56 Å². The van der Waals surface area contributed by atoms with Gasteiger partial charge in [-0.1, -0.05) is 17.7 Å². The Kier molecular flexibility index (Phi) is 5.73. The lowest BCUT2D eigenvalue weighted by atomic mass is 10.2. The van der Waals surface area contributed by atoms with E-state index in [1.54, 1.807) is 0 Å². The number of non-ortho nitro benzene ring substituents is 1. The van der Waals surface area contributed by atoms with Crippen LogP contribution >= 0.6 is 0 Å². The van der Waals surface area contributed by atoms with Crippen molar-refractivity contribution in [2.75, 3.05) is 31.2 Å². The van der Waals surface area contributed by atoms with Crippen LogP contribution in [-0.4, -0.2) is 43.0 Å². The minimum Gasteiger partial charge on any atom is -0.492 e. The van der Waals surface area contributed by atoms with E-state index < -0.39 is 16.7 Å². The second kappa shape index (κ2) is 8.38. The number of aryl methyl sites for hydroxylation is 1. The van der Waals surface area contributed by atoms with Crippen molar-refractivity contribution in [2.45, 2.75) is 6.92 Å². The van der Waals surface area contributed by atoms with Crippen molar-refractivity contribution >= 4 is 23.2 Å². The van der Waals surface area contributed by atoms with E-state index in [9.17, 15) is 19.7 Å². The number of hydrogen-bond acceptors (Lipinski definition) is 6. The van der Waals surface area contributed by atoms with E-state index in [4.69, 9.17) is 9.47 Å². The third kappa shape index (κ3) is 4.56. The van der Waals surface area contributed by atoms with Gasteiger partial charge in [0, 0.05) is 12.1 Å². The molecule has 2 aromatic carbocycles. The summed E-state index contributed by atoms with van der Waals surface area (Å²) < 4.78 is 10.8. The number of nitrogens with zero attached hydrogens (tertiary/aromatic N) is 2. The molecule has 3 rings (SSSR count). The first kappa shape index (κ1) is 19.2. The summed E-state index contributed by atoms with van der Waals surface area (Å²) in [4.78, 5) is 35.9. The molecule has 1 aliphatic rings. The molecule has 0 saturated carbocycles. The van der Waals surface area contributed by atoms with Crippen molar-refractivity contribution in [1.82, 2.24) is 5.32 Å². The smallest absolute Gasteiger partial charge is 0.271 e. The molecule has 0 aromatic heterocycles. The van der Waals surface area contributed by atoms with E-state index in [0.29, 0.717) is 11.5 Å². The quantitative estimate of drug-likeness (QED) is 0.442. The maximum Gasteiger partial charge on any atom is 0.271 e. The van der Waals surface area contributed by atoms with Crippen LogP contribution in [0.2, 0.25) is 0 Å². The molecular weight excluding hydrogens is 366 g/mol. The van der Waals surface area contributed by atoms with Crippen molar-refractivity contribution in [2.24, 2.45) is 0 Å². The van der Waals surface area contributed by atoms with E-state index >= 15 is 0 Å². The van der Waals surface area contributed by atoms with Crippen LogP contribution in [0.15, 0.2) is 42.5 Å². The fourth-order valence-corrected chi connectivity index (χ4v) is 2.67. The monoisotopic (exact) mass is 385 g/mol. The van der Waals surface area contributed by atoms with Gasteiger partial charge in [-0.2, -0.15) is 0 Å². The van der Waals surface area contributed by atoms with Crippen LogP contribution < -0.4 is 19.7 Å². The topological polar surface area (TPSA) is 111 Å². The second-order valence-corrected chi connectivity index (χ2v) is 6.19. The highest BCUT2D eigenvalue weighted by Crippen LogP contribution is 2.35. The van der Waals surface area contributed by atoms with Gasteiger partial charge in [0.05, 0.1) is 17.2 Å². The zero-order chi connectivity index (χ0) is 20.1. The third-order valence-electron chi connectivity index (χ3n) is 4.11. The lowest BCUT2D eigenvalue weighted by Crippen LogP contribution is -2.45. The summed E-state index contributed by atoms with van der Waals surface area (Å²) >= 11 is 0. The molecule has 1 N–H and O–H groups in total. The number of hydrogen-bond donors (Lipinski definition) is 1. The zero-order valence-corrected chi connectivity index (χ0v) is 15.2. The number of nitro groups is 1. The molecule has 0 radical (unpaired) electrons. The first-order valence-corrected chi connectivity index (χ1v) is 8.62. The minimum atomic E-state index is -0.569. The Morgan fingerprint density at radius 2 is 2.04 bits per heavy atom. The summed E-state index contributed by atoms with van der Waals surface area (Å²) in [7, 11) is 0. The lowest BCUT2D eigenvalue weighted by molar-refractivity contribution is -0.384. The first-order valence-electron chi connectivity index (χ1n) is 8.62. The van der Waals surface area contributed by atoms with E-state index in [1.165, 1.54) is 23.1 Å². The number of nitrogens with one attached hydrogen (secondary N) is 1. The zero-order valence-electron chi connectivity index (χ0n) is 15.2. The van der Waals surface area contributed by atoms with E-state index in [0.717, 1.165) is 5.56 Å². The number of carbonyl (C=O) groups excluding carboxylic acids is 2. The normalized spacial score (nSPS) is 12.8. The van der Waals surface area contributed by atoms with Crippen LogP contribution in [0.3, 0.4) is 0 Å². The van der Waals surface area contributed by atoms with Gasteiger partial charge in [-0.05, 0) is 25.1 Å². The molecule has 28 heavy (non-hydrogen) atoms. The molecule has 0 bridgehead atoms. The Hall–Kier alpha value is -3.62. The Balaban J connectivity index is 1.56. The summed E-state index contributed by atoms with van der Waals surface area (Å²) in [6.07, 6.45) is 0. The fourth-order valence-electron chi connectivity index (χ4n) is 2.67. The van der Waals surface area contributed by atoms with Crippen LogP contribution in [0.25, 0.3) is 0 Å². The molecule has 0 spiro atoms. The molecule has 1 heterocycles. The lowest BCUT2D eigenvalue weighted by Gasteiger charge is -2.28. The average molecular weight is 385 g/mol. The van der Waals surface area contributed by atoms with Crippen molar-refractivity contribution < 1.29 is 24.0 Å². The van der Waals surface area contributed by atoms with Gasteiger partial charge >= 0.3 is 0 Å². The third-order valence-corrected chi connectivity index (χ3v) is 4.11. The second-order valence-electron chi connectivity index (χ2n) is 6.19. The molecule has 0 unspecified atom stereocenters. The van der Waals surface area contributed by atoms with Crippen LogP contribution in [0.4, 0.5) is 11.4 Å². The molecule has 0 atom stereocenters. The Morgan fingerprint density at radius 3 is 2.75 bits per heavy atom. The van der Waals surface area contributed by atoms with E-state index in [1.807, 2.05) is 31.2 Å². The predicted molar refractivity (Wildman–Crippen MR) is 101 cm³/mol. The Labute approximate surface area is 161 Å². The number of ether oxygens (including phenoxy) is 2. The molecule has 0 fully saturated rings. The van der Waals surface area contributed by atoms with Crippen LogP contribution in [0.5, 0.6) is 11.5 Å². The number of rotatable bonds is 7. The van der Waals surface area contributed by atoms with Crippen molar-refractivity contribution in [3.05, 3.63) is 58.1 Å². The van der Waals surface area contributed by atoms with Gasteiger partial charge in [-0.3, -0.25) is 24.6 Å². The van der Waals surface area contributed by atoms with Crippen molar-refractivity contribution in [3.63, 3.8) is 0 Å². The molecule has 146 valence electrons. The van der Waals surface area contributed by atoms with Gasteiger partial charge in [-0.15, -0.1) is 0 Å². The SMILES string of the molecule is Cc1ccc(OCCNC(=O)CN2C(=O)COc3ccc([N+](=O)[O-])cc32)cc1. The van der Waals surface area contributed by atoms with Gasteiger partial charge in [0.2, 0.25) is 5.91 Å². The standard InChI is InChI=1S/C19H19N3O6/c1-13-2-5-15(6-3-13)27-9-8-20-18(23)11-21-16-10-14(22(25)26)4-7-17(16)28-12-19(21)24/h2-7,10H,8-9,11-12H2,1H3,(H,20,23). The molecule has 2 amide bonds. The van der Waals surface area contributed by atoms with E-state index in [-0.39, 0.29) is 37.7 Å². The van der Waals surface area contributed by atoms with E-state index in [2.05, 4.69) is 5.32 Å². The van der Waals surface area contributed by atoms with Gasteiger partial charge in [-0.25, -0.2) is 0 Å². The number of benzene rings is 2. The predicted octanol–water partition coefficient (Wildman–Crippen LogP) is 1.82. The summed E-state index contributed by atoms with van der Waals surface area (Å²) in [6, 6.07) is 11.5. The first-order chi connectivity index (χ1) is 13.4. The molecule has 9 heteroatoms. The number of nitro benzene ring substituents is 1. The number of fused-ring (bicyclic) bond motifs is 1.